The average molecular weight is 469 g/mol. The number of nitrogens with zero attached hydrogens (tertiary/aromatic N) is 3. The molecular weight excluding hydrogens is 443 g/mol. The molecule has 2 aromatic heterocycles. The first-order chi connectivity index (χ1) is 15.6. The molecule has 0 bridgehead atoms. The number of aryl methyl sites for hydroxylation is 1. The monoisotopic (exact) mass is 469 g/mol. The average Bonchev–Trinajstić information content (AvgIpc) is 3.42. The first kappa shape index (κ1) is 24.7. The summed E-state index contributed by atoms with van der Waals surface area (Å²) in [6, 6.07) is 9.68. The molecule has 180 valence electrons. The second-order valence-electron chi connectivity index (χ2n) is 8.03. The zero-order valence-corrected chi connectivity index (χ0v) is 18.3. The molecule has 2 saturated heterocycles. The van der Waals surface area contributed by atoms with Gasteiger partial charge < -0.3 is 19.2 Å². The van der Waals surface area contributed by atoms with Crippen LogP contribution < -0.4 is 0 Å². The summed E-state index contributed by atoms with van der Waals surface area (Å²) in [6.45, 7) is 5.14. The number of furan rings is 1. The van der Waals surface area contributed by atoms with E-state index in [0.29, 0.717) is 18.2 Å². The minimum absolute atomic E-state index is 0.0260. The number of carbonyl (C=O) groups excluding carboxylic acids is 1. The van der Waals surface area contributed by atoms with E-state index >= 15 is 0 Å². The Morgan fingerprint density at radius 2 is 1.97 bits per heavy atom. The van der Waals surface area contributed by atoms with Gasteiger partial charge in [0.1, 0.15) is 11.5 Å². The summed E-state index contributed by atoms with van der Waals surface area (Å²) >= 11 is 0. The summed E-state index contributed by atoms with van der Waals surface area (Å²) < 4.78 is 43.0. The number of amides is 1. The van der Waals surface area contributed by atoms with Crippen LogP contribution in [0.3, 0.4) is 0 Å². The largest absolute Gasteiger partial charge is 0.490 e. The lowest BCUT2D eigenvalue weighted by atomic mass is 9.88. The van der Waals surface area contributed by atoms with E-state index in [1.807, 2.05) is 42.2 Å². The van der Waals surface area contributed by atoms with Crippen LogP contribution in [0.15, 0.2) is 41.0 Å². The number of aliphatic carboxylic acids is 1. The lowest BCUT2D eigenvalue weighted by molar-refractivity contribution is -0.192. The highest BCUT2D eigenvalue weighted by Crippen LogP contribution is 2.34. The van der Waals surface area contributed by atoms with Crippen LogP contribution in [0.2, 0.25) is 0 Å². The van der Waals surface area contributed by atoms with Gasteiger partial charge in [0.2, 0.25) is 0 Å². The Balaban J connectivity index is 0.000000383. The first-order valence-corrected chi connectivity index (χ1v) is 10.4. The molecule has 2 aromatic rings. The smallest absolute Gasteiger partial charge is 0.475 e. The number of likely N-dealkylation sites (tertiary alicyclic amines) is 2. The number of pyridine rings is 1. The van der Waals surface area contributed by atoms with Crippen LogP contribution in [0.4, 0.5) is 13.2 Å². The Labute approximate surface area is 188 Å². The molecular formula is C22H26F3N3O5. The van der Waals surface area contributed by atoms with Crippen molar-refractivity contribution in [3.8, 4) is 0 Å². The second-order valence-corrected chi connectivity index (χ2v) is 8.03. The van der Waals surface area contributed by atoms with Crippen molar-refractivity contribution >= 4 is 11.9 Å². The SMILES string of the molecule is CO[C@@H]1CCN(C(=O)c2cccc(C)n2)[C@@H]2CN(Cc3ccco3)C[C@@H]21.O=C(O)C(F)(F)F. The van der Waals surface area contributed by atoms with E-state index in [1.165, 1.54) is 0 Å². The highest BCUT2D eigenvalue weighted by atomic mass is 19.4. The van der Waals surface area contributed by atoms with E-state index in [9.17, 15) is 18.0 Å². The summed E-state index contributed by atoms with van der Waals surface area (Å²) in [4.78, 5) is 30.8. The van der Waals surface area contributed by atoms with Crippen molar-refractivity contribution in [1.29, 1.82) is 0 Å². The Morgan fingerprint density at radius 1 is 1.24 bits per heavy atom. The summed E-state index contributed by atoms with van der Waals surface area (Å²) in [7, 11) is 1.77. The predicted molar refractivity (Wildman–Crippen MR) is 110 cm³/mol. The van der Waals surface area contributed by atoms with Crippen LogP contribution in [0, 0.1) is 12.8 Å². The van der Waals surface area contributed by atoms with Crippen LogP contribution in [0.1, 0.15) is 28.4 Å². The molecule has 4 heterocycles. The molecule has 0 aromatic carbocycles. The molecule has 4 rings (SSSR count). The Hall–Kier alpha value is -2.92. The van der Waals surface area contributed by atoms with Crippen molar-refractivity contribution in [3.63, 3.8) is 0 Å². The van der Waals surface area contributed by atoms with Gasteiger partial charge in [-0.1, -0.05) is 6.07 Å². The third-order valence-corrected chi connectivity index (χ3v) is 5.81. The maximum Gasteiger partial charge on any atom is 0.490 e. The highest BCUT2D eigenvalue weighted by molar-refractivity contribution is 5.92. The number of halogens is 3. The number of hydrogen-bond donors (Lipinski definition) is 1. The van der Waals surface area contributed by atoms with Crippen molar-refractivity contribution in [1.82, 2.24) is 14.8 Å². The Morgan fingerprint density at radius 3 is 2.55 bits per heavy atom. The van der Waals surface area contributed by atoms with E-state index in [0.717, 1.165) is 37.5 Å². The molecule has 3 atom stereocenters. The van der Waals surface area contributed by atoms with Gasteiger partial charge in [0.25, 0.3) is 5.91 Å². The van der Waals surface area contributed by atoms with E-state index in [1.54, 1.807) is 13.4 Å². The fourth-order valence-electron chi connectivity index (χ4n) is 4.34. The molecule has 0 radical (unpaired) electrons. The molecule has 0 saturated carbocycles. The molecule has 11 heteroatoms. The standard InChI is InChI=1S/C20H25N3O3.C2HF3O2/c1-14-5-3-7-17(21-14)20(24)23-9-8-19(25-2)16-12-22(13-18(16)23)11-15-6-4-10-26-15;3-2(4,5)1(6)7/h3-7,10,16,18-19H,8-9,11-13H2,1-2H3;(H,6,7)/t16-,18+,19+;/m0./s1. The molecule has 33 heavy (non-hydrogen) atoms. The fraction of sp³-hybridized carbons (Fsp3) is 0.500. The van der Waals surface area contributed by atoms with Gasteiger partial charge in [-0.05, 0) is 37.6 Å². The fourth-order valence-corrected chi connectivity index (χ4v) is 4.34. The zero-order chi connectivity index (χ0) is 24.2. The van der Waals surface area contributed by atoms with Crippen LogP contribution in [-0.4, -0.2) is 76.8 Å². The maximum atomic E-state index is 13.1. The number of alkyl halides is 3. The van der Waals surface area contributed by atoms with Gasteiger partial charge in [-0.25, -0.2) is 9.78 Å². The van der Waals surface area contributed by atoms with Crippen molar-refractivity contribution in [2.75, 3.05) is 26.7 Å². The van der Waals surface area contributed by atoms with Crippen LogP contribution >= 0.6 is 0 Å². The highest BCUT2D eigenvalue weighted by Gasteiger charge is 2.46. The first-order valence-electron chi connectivity index (χ1n) is 10.4. The van der Waals surface area contributed by atoms with Crippen LogP contribution in [-0.2, 0) is 16.1 Å². The summed E-state index contributed by atoms with van der Waals surface area (Å²) in [5.74, 6) is -1.46. The molecule has 1 N–H and O–H groups in total. The number of carbonyl (C=O) groups is 2. The van der Waals surface area contributed by atoms with Gasteiger partial charge in [0.15, 0.2) is 0 Å². The molecule has 2 aliphatic heterocycles. The minimum Gasteiger partial charge on any atom is -0.475 e. The molecule has 1 amide bonds. The molecule has 8 nitrogen and oxygen atoms in total. The lowest BCUT2D eigenvalue weighted by Gasteiger charge is -2.41. The number of methoxy groups -OCH3 is 1. The lowest BCUT2D eigenvalue weighted by Crippen LogP contribution is -2.53. The van der Waals surface area contributed by atoms with Gasteiger partial charge in [0, 0.05) is 38.4 Å². The Kier molecular flexibility index (Phi) is 7.75. The Bertz CT molecular complexity index is 951. The van der Waals surface area contributed by atoms with E-state index in [-0.39, 0.29) is 18.1 Å². The third kappa shape index (κ3) is 6.11. The molecule has 0 unspecified atom stereocenters. The molecule has 0 spiro atoms. The number of aromatic nitrogens is 1. The van der Waals surface area contributed by atoms with Gasteiger partial charge in [0.05, 0.1) is 25.0 Å². The van der Waals surface area contributed by atoms with Gasteiger partial charge in [-0.15, -0.1) is 0 Å². The molecule has 2 fully saturated rings. The van der Waals surface area contributed by atoms with E-state index in [2.05, 4.69) is 9.88 Å². The van der Waals surface area contributed by atoms with Gasteiger partial charge >= 0.3 is 12.1 Å². The predicted octanol–water partition coefficient (Wildman–Crippen LogP) is 2.98. The number of carboxylic acid groups (broad SMARTS) is 1. The number of ether oxygens (including phenoxy) is 1. The summed E-state index contributed by atoms with van der Waals surface area (Å²) in [5.41, 5.74) is 1.40. The maximum absolute atomic E-state index is 13.1. The van der Waals surface area contributed by atoms with E-state index in [4.69, 9.17) is 19.1 Å². The molecule has 0 aliphatic carbocycles. The topological polar surface area (TPSA) is 96.1 Å². The number of fused-ring (bicyclic) bond motifs is 1. The van der Waals surface area contributed by atoms with Crippen molar-refractivity contribution < 1.29 is 37.0 Å². The minimum atomic E-state index is -5.08. The molecule has 2 aliphatic rings. The normalized spacial score (nSPS) is 22.9. The summed E-state index contributed by atoms with van der Waals surface area (Å²) in [6.07, 6.45) is -2.32. The van der Waals surface area contributed by atoms with Crippen LogP contribution in [0.25, 0.3) is 0 Å². The third-order valence-electron chi connectivity index (χ3n) is 5.81. The quantitative estimate of drug-likeness (QED) is 0.736. The van der Waals surface area contributed by atoms with E-state index < -0.39 is 12.1 Å². The van der Waals surface area contributed by atoms with Crippen LogP contribution in [0.5, 0.6) is 0 Å². The van der Waals surface area contributed by atoms with Crippen molar-refractivity contribution in [2.45, 2.75) is 38.2 Å². The number of carboxylic acids is 1. The summed E-state index contributed by atoms with van der Waals surface area (Å²) in [5, 5.41) is 7.12. The number of hydrogen-bond acceptors (Lipinski definition) is 6. The van der Waals surface area contributed by atoms with Gasteiger partial charge in [-0.3, -0.25) is 9.69 Å². The van der Waals surface area contributed by atoms with Crippen molar-refractivity contribution in [3.05, 3.63) is 53.7 Å². The van der Waals surface area contributed by atoms with Gasteiger partial charge in [-0.2, -0.15) is 13.2 Å². The number of rotatable bonds is 4. The van der Waals surface area contributed by atoms with Crippen molar-refractivity contribution in [2.24, 2.45) is 5.92 Å². The second kappa shape index (κ2) is 10.3. The number of piperidine rings is 1. The zero-order valence-electron chi connectivity index (χ0n) is 18.3.